The van der Waals surface area contributed by atoms with Gasteiger partial charge in [0.25, 0.3) is 5.91 Å². The fourth-order valence-corrected chi connectivity index (χ4v) is 4.62. The van der Waals surface area contributed by atoms with Crippen molar-refractivity contribution < 1.29 is 4.79 Å². The van der Waals surface area contributed by atoms with E-state index < -0.39 is 0 Å². The molecule has 4 N–H and O–H groups in total. The van der Waals surface area contributed by atoms with Crippen molar-refractivity contribution in [3.63, 3.8) is 0 Å². The van der Waals surface area contributed by atoms with Crippen LogP contribution >= 0.6 is 11.6 Å². The number of carbonyl (C=O) groups excluding carboxylic acids is 1. The molecule has 2 aliphatic rings. The van der Waals surface area contributed by atoms with Crippen molar-refractivity contribution in [3.8, 4) is 0 Å². The molecule has 28 heavy (non-hydrogen) atoms. The Morgan fingerprint density at radius 2 is 1.93 bits per heavy atom. The molecule has 0 heterocycles. The standard InChI is InChI=1S/C23H28ClN3O/c24-20-3-1-2-19(15-20)23(10-11-23)27-21-9-8-18(14-21)16-4-6-17(7-5-16)22(28)26-13-12-25/h1-7,15,18,21,27H,8-14,25H2,(H,26,28)/t18-,21+/m1/s1. The summed E-state index contributed by atoms with van der Waals surface area (Å²) in [6.07, 6.45) is 5.87. The van der Waals surface area contributed by atoms with Gasteiger partial charge in [0, 0.05) is 35.3 Å². The normalized spacial score (nSPS) is 22.8. The predicted molar refractivity (Wildman–Crippen MR) is 114 cm³/mol. The third-order valence-corrected chi connectivity index (χ3v) is 6.35. The smallest absolute Gasteiger partial charge is 0.251 e. The molecule has 2 aromatic rings. The zero-order valence-corrected chi connectivity index (χ0v) is 16.8. The Balaban J connectivity index is 1.36. The van der Waals surface area contributed by atoms with Crippen LogP contribution in [0.4, 0.5) is 0 Å². The van der Waals surface area contributed by atoms with Crippen molar-refractivity contribution >= 4 is 17.5 Å². The van der Waals surface area contributed by atoms with Crippen LogP contribution < -0.4 is 16.4 Å². The average molecular weight is 398 g/mol. The van der Waals surface area contributed by atoms with Gasteiger partial charge in [-0.05, 0) is 73.4 Å². The van der Waals surface area contributed by atoms with Crippen molar-refractivity contribution in [2.24, 2.45) is 5.73 Å². The first-order valence-corrected chi connectivity index (χ1v) is 10.6. The van der Waals surface area contributed by atoms with Gasteiger partial charge < -0.3 is 16.4 Å². The monoisotopic (exact) mass is 397 g/mol. The van der Waals surface area contributed by atoms with Crippen molar-refractivity contribution in [1.82, 2.24) is 10.6 Å². The van der Waals surface area contributed by atoms with E-state index in [1.54, 1.807) is 0 Å². The van der Waals surface area contributed by atoms with E-state index in [4.69, 9.17) is 17.3 Å². The molecule has 0 saturated heterocycles. The molecule has 0 aliphatic heterocycles. The van der Waals surface area contributed by atoms with Crippen molar-refractivity contribution in [2.75, 3.05) is 13.1 Å². The number of hydrogen-bond acceptors (Lipinski definition) is 3. The lowest BCUT2D eigenvalue weighted by Gasteiger charge is -2.23. The van der Waals surface area contributed by atoms with Gasteiger partial charge in [0.1, 0.15) is 0 Å². The highest BCUT2D eigenvalue weighted by molar-refractivity contribution is 6.30. The van der Waals surface area contributed by atoms with E-state index in [-0.39, 0.29) is 11.4 Å². The van der Waals surface area contributed by atoms with Crippen LogP contribution in [0.3, 0.4) is 0 Å². The summed E-state index contributed by atoms with van der Waals surface area (Å²) in [6.45, 7) is 0.960. The maximum absolute atomic E-state index is 12.0. The topological polar surface area (TPSA) is 67.1 Å². The first-order valence-electron chi connectivity index (χ1n) is 10.2. The van der Waals surface area contributed by atoms with Crippen LogP contribution in [0.2, 0.25) is 5.02 Å². The summed E-state index contributed by atoms with van der Waals surface area (Å²) in [5.41, 5.74) is 8.90. The van der Waals surface area contributed by atoms with Gasteiger partial charge in [-0.3, -0.25) is 4.79 Å². The highest BCUT2D eigenvalue weighted by Crippen LogP contribution is 2.48. The lowest BCUT2D eigenvalue weighted by Crippen LogP contribution is -2.36. The maximum atomic E-state index is 12.0. The number of nitrogens with one attached hydrogen (secondary N) is 2. The molecular formula is C23H28ClN3O. The van der Waals surface area contributed by atoms with Crippen LogP contribution in [-0.2, 0) is 5.54 Å². The molecule has 1 amide bonds. The molecule has 148 valence electrons. The third-order valence-electron chi connectivity index (χ3n) is 6.11. The zero-order valence-electron chi connectivity index (χ0n) is 16.1. The van der Waals surface area contributed by atoms with Crippen molar-refractivity contribution in [3.05, 3.63) is 70.2 Å². The molecule has 0 radical (unpaired) electrons. The molecule has 0 aromatic heterocycles. The van der Waals surface area contributed by atoms with Crippen LogP contribution in [0.5, 0.6) is 0 Å². The minimum atomic E-state index is -0.0554. The van der Waals surface area contributed by atoms with E-state index in [9.17, 15) is 4.79 Å². The van der Waals surface area contributed by atoms with Gasteiger partial charge in [-0.15, -0.1) is 0 Å². The van der Waals surface area contributed by atoms with E-state index in [0.717, 1.165) is 11.4 Å². The molecule has 4 nitrogen and oxygen atoms in total. The molecule has 5 heteroatoms. The number of rotatable bonds is 7. The summed E-state index contributed by atoms with van der Waals surface area (Å²) in [5, 5.41) is 7.55. The van der Waals surface area contributed by atoms with Gasteiger partial charge in [0.15, 0.2) is 0 Å². The van der Waals surface area contributed by atoms with E-state index in [0.29, 0.717) is 30.6 Å². The summed E-state index contributed by atoms with van der Waals surface area (Å²) in [5.74, 6) is 0.494. The summed E-state index contributed by atoms with van der Waals surface area (Å²) in [6, 6.07) is 16.9. The fraction of sp³-hybridized carbons (Fsp3) is 0.435. The Hall–Kier alpha value is -1.88. The molecule has 4 rings (SSSR count). The summed E-state index contributed by atoms with van der Waals surface area (Å²) in [4.78, 5) is 12.0. The molecule has 0 spiro atoms. The molecule has 2 fully saturated rings. The largest absolute Gasteiger partial charge is 0.351 e. The molecule has 2 aromatic carbocycles. The van der Waals surface area contributed by atoms with Crippen molar-refractivity contribution in [1.29, 1.82) is 0 Å². The highest BCUT2D eigenvalue weighted by Gasteiger charge is 2.46. The Bertz CT molecular complexity index is 832. The molecular weight excluding hydrogens is 370 g/mol. The molecule has 2 aliphatic carbocycles. The lowest BCUT2D eigenvalue weighted by molar-refractivity contribution is 0.0954. The Labute approximate surface area is 171 Å². The second kappa shape index (κ2) is 8.24. The Kier molecular flexibility index (Phi) is 5.72. The number of carbonyl (C=O) groups is 1. The number of amides is 1. The summed E-state index contributed by atoms with van der Waals surface area (Å²) < 4.78 is 0. The van der Waals surface area contributed by atoms with Crippen LogP contribution in [0.25, 0.3) is 0 Å². The van der Waals surface area contributed by atoms with E-state index in [2.05, 4.69) is 34.9 Å². The fourth-order valence-electron chi connectivity index (χ4n) is 4.43. The first-order chi connectivity index (χ1) is 13.6. The number of benzene rings is 2. The van der Waals surface area contributed by atoms with Gasteiger partial charge in [-0.25, -0.2) is 0 Å². The van der Waals surface area contributed by atoms with Gasteiger partial charge in [0.05, 0.1) is 0 Å². The van der Waals surface area contributed by atoms with Crippen LogP contribution in [0, 0.1) is 0 Å². The molecule has 2 saturated carbocycles. The number of nitrogens with two attached hydrogens (primary N) is 1. The van der Waals surface area contributed by atoms with Crippen LogP contribution in [-0.4, -0.2) is 25.0 Å². The molecule has 0 bridgehead atoms. The molecule has 0 unspecified atom stereocenters. The Morgan fingerprint density at radius 3 is 2.61 bits per heavy atom. The highest BCUT2D eigenvalue weighted by atomic mass is 35.5. The number of halogens is 1. The van der Waals surface area contributed by atoms with E-state index in [1.807, 2.05) is 24.3 Å². The van der Waals surface area contributed by atoms with Gasteiger partial charge in [0.2, 0.25) is 0 Å². The van der Waals surface area contributed by atoms with Crippen LogP contribution in [0.1, 0.15) is 59.5 Å². The van der Waals surface area contributed by atoms with Crippen LogP contribution in [0.15, 0.2) is 48.5 Å². The number of hydrogen-bond donors (Lipinski definition) is 3. The second-order valence-electron chi connectivity index (χ2n) is 8.11. The minimum absolute atomic E-state index is 0.0554. The average Bonchev–Trinajstić information content (AvgIpc) is 3.35. The van der Waals surface area contributed by atoms with Crippen molar-refractivity contribution in [2.45, 2.75) is 49.6 Å². The Morgan fingerprint density at radius 1 is 1.14 bits per heavy atom. The molecule has 2 atom stereocenters. The predicted octanol–water partition coefficient (Wildman–Crippen LogP) is 3.94. The zero-order chi connectivity index (χ0) is 19.6. The van der Waals surface area contributed by atoms with Gasteiger partial charge >= 0.3 is 0 Å². The summed E-state index contributed by atoms with van der Waals surface area (Å²) in [7, 11) is 0. The first kappa shape index (κ1) is 19.4. The third kappa shape index (κ3) is 4.24. The SMILES string of the molecule is NCCNC(=O)c1ccc([C@@H]2CC[C@H](NC3(c4cccc(Cl)c4)CC3)C2)cc1. The maximum Gasteiger partial charge on any atom is 0.251 e. The summed E-state index contributed by atoms with van der Waals surface area (Å²) >= 11 is 6.20. The second-order valence-corrected chi connectivity index (χ2v) is 8.55. The quantitative estimate of drug-likeness (QED) is 0.662. The van der Waals surface area contributed by atoms with E-state index >= 15 is 0 Å². The minimum Gasteiger partial charge on any atom is -0.351 e. The van der Waals surface area contributed by atoms with E-state index in [1.165, 1.54) is 36.8 Å². The lowest BCUT2D eigenvalue weighted by atomic mass is 9.96. The van der Waals surface area contributed by atoms with Gasteiger partial charge in [-0.2, -0.15) is 0 Å². The van der Waals surface area contributed by atoms with Gasteiger partial charge in [-0.1, -0.05) is 35.9 Å².